The van der Waals surface area contributed by atoms with Gasteiger partial charge in [0.15, 0.2) is 21.7 Å². The maximum Gasteiger partial charge on any atom is 0.361 e. The lowest BCUT2D eigenvalue weighted by atomic mass is 10.2. The van der Waals surface area contributed by atoms with E-state index in [1.165, 1.54) is 37.8 Å². The maximum absolute atomic E-state index is 11.9. The summed E-state index contributed by atoms with van der Waals surface area (Å²) in [6.45, 7) is 1.99. The van der Waals surface area contributed by atoms with E-state index < -0.39 is 11.9 Å². The summed E-state index contributed by atoms with van der Waals surface area (Å²) in [5.74, 6) is 1.14. The molecule has 4 N–H and O–H groups in total. The molecule has 2 fully saturated rings. The summed E-state index contributed by atoms with van der Waals surface area (Å²) < 4.78 is 4.97. The largest absolute Gasteiger partial charge is 0.461 e. The van der Waals surface area contributed by atoms with Crippen molar-refractivity contribution in [3.63, 3.8) is 0 Å². The van der Waals surface area contributed by atoms with Crippen molar-refractivity contribution in [2.45, 2.75) is 44.4 Å². The quantitative estimate of drug-likeness (QED) is 0.203. The van der Waals surface area contributed by atoms with Crippen LogP contribution >= 0.6 is 23.2 Å². The number of esters is 1. The van der Waals surface area contributed by atoms with Gasteiger partial charge in [0.1, 0.15) is 11.6 Å². The summed E-state index contributed by atoms with van der Waals surface area (Å²) in [7, 11) is 0. The summed E-state index contributed by atoms with van der Waals surface area (Å²) in [5, 5.41) is 21.3. The van der Waals surface area contributed by atoms with E-state index in [0.717, 1.165) is 11.4 Å². The van der Waals surface area contributed by atoms with Crippen LogP contribution in [-0.2, 0) is 4.74 Å². The van der Waals surface area contributed by atoms with Crippen molar-refractivity contribution in [3.05, 3.63) is 81.6 Å². The predicted molar refractivity (Wildman–Crippen MR) is 158 cm³/mol. The molecule has 2 aliphatic rings. The minimum Gasteiger partial charge on any atom is -0.461 e. The molecule has 0 saturated heterocycles. The Morgan fingerprint density at radius 1 is 0.810 bits per heavy atom. The van der Waals surface area contributed by atoms with Crippen LogP contribution in [0.15, 0.2) is 48.5 Å². The summed E-state index contributed by atoms with van der Waals surface area (Å²) in [5.41, 5.74) is 8.31. The number of hydrogen-bond acceptors (Lipinski definition) is 11. The molecule has 6 rings (SSSR count). The van der Waals surface area contributed by atoms with Crippen LogP contribution in [0.1, 0.15) is 76.8 Å². The number of halogens is 2. The van der Waals surface area contributed by atoms with E-state index in [1.807, 2.05) is 36.4 Å². The first kappa shape index (κ1) is 29.1. The molecule has 42 heavy (non-hydrogen) atoms. The second-order valence-electron chi connectivity index (χ2n) is 9.64. The second kappa shape index (κ2) is 13.0. The number of anilines is 4. The van der Waals surface area contributed by atoms with Gasteiger partial charge in [0.25, 0.3) is 5.91 Å². The molecule has 1 amide bonds. The Morgan fingerprint density at radius 2 is 1.29 bits per heavy atom. The van der Waals surface area contributed by atoms with Gasteiger partial charge in [-0.25, -0.2) is 14.8 Å². The van der Waals surface area contributed by atoms with Crippen LogP contribution in [0.3, 0.4) is 0 Å². The summed E-state index contributed by atoms with van der Waals surface area (Å²) in [6.07, 6.45) is 4.69. The first-order valence-electron chi connectivity index (χ1n) is 13.3. The highest BCUT2D eigenvalue weighted by atomic mass is 35.5. The molecule has 0 aromatic carbocycles. The van der Waals surface area contributed by atoms with E-state index in [2.05, 4.69) is 41.0 Å². The molecule has 4 aromatic heterocycles. The molecule has 12 nitrogen and oxygen atoms in total. The lowest BCUT2D eigenvalue weighted by Gasteiger charge is -2.10. The number of aromatic nitrogens is 6. The molecular weight excluding hydrogens is 581 g/mol. The fourth-order valence-corrected chi connectivity index (χ4v) is 4.28. The Hall–Kier alpha value is -4.42. The number of nitrogens with zero attached hydrogens (tertiary/aromatic N) is 6. The fraction of sp³-hybridized carbons (Fsp3) is 0.286. The van der Waals surface area contributed by atoms with Crippen LogP contribution in [0, 0.1) is 0 Å². The molecule has 0 atom stereocenters. The topological polar surface area (TPSA) is 171 Å². The van der Waals surface area contributed by atoms with Gasteiger partial charge in [-0.3, -0.25) is 4.79 Å². The van der Waals surface area contributed by atoms with E-state index in [1.54, 1.807) is 6.92 Å². The van der Waals surface area contributed by atoms with Gasteiger partial charge in [-0.15, -0.1) is 20.4 Å². The van der Waals surface area contributed by atoms with Gasteiger partial charge >= 0.3 is 5.97 Å². The number of carbonyl (C=O) groups excluding carboxylic acids is 2. The van der Waals surface area contributed by atoms with Gasteiger partial charge in [-0.1, -0.05) is 35.3 Å². The van der Waals surface area contributed by atoms with Gasteiger partial charge < -0.3 is 21.1 Å². The Labute approximate surface area is 251 Å². The van der Waals surface area contributed by atoms with Crippen molar-refractivity contribution < 1.29 is 14.3 Å². The first-order chi connectivity index (χ1) is 20.3. The van der Waals surface area contributed by atoms with Crippen LogP contribution in [0.5, 0.6) is 0 Å². The van der Waals surface area contributed by atoms with Gasteiger partial charge in [0.05, 0.1) is 18.0 Å². The SMILES string of the molecule is CCOC(=O)c1nnc(Cl)cc1Nc1cccc(C2CC2)n1.NC(=O)c1nnc(Cl)cc1Nc1cccc(C2CC2)n1. The summed E-state index contributed by atoms with van der Waals surface area (Å²) >= 11 is 11.7. The zero-order valence-corrected chi connectivity index (χ0v) is 24.1. The summed E-state index contributed by atoms with van der Waals surface area (Å²) in [4.78, 5) is 32.3. The van der Waals surface area contributed by atoms with Crippen LogP contribution in [0.2, 0.25) is 10.3 Å². The van der Waals surface area contributed by atoms with E-state index in [4.69, 9.17) is 33.7 Å². The normalized spacial score (nSPS) is 13.9. The average Bonchev–Trinajstić information content (AvgIpc) is 3.88. The van der Waals surface area contributed by atoms with Crippen molar-refractivity contribution >= 4 is 58.1 Å². The monoisotopic (exact) mass is 607 g/mol. The van der Waals surface area contributed by atoms with Crippen molar-refractivity contribution in [3.8, 4) is 0 Å². The molecule has 4 aromatic rings. The molecule has 2 saturated carbocycles. The van der Waals surface area contributed by atoms with Crippen LogP contribution in [0.25, 0.3) is 0 Å². The van der Waals surface area contributed by atoms with Crippen molar-refractivity contribution in [2.75, 3.05) is 17.2 Å². The molecule has 2 aliphatic carbocycles. The van der Waals surface area contributed by atoms with Crippen LogP contribution in [0.4, 0.5) is 23.0 Å². The van der Waals surface area contributed by atoms with Crippen molar-refractivity contribution in [2.24, 2.45) is 5.73 Å². The minimum absolute atomic E-state index is 0.0352. The number of primary amides is 1. The lowest BCUT2D eigenvalue weighted by molar-refractivity contribution is 0.0519. The van der Waals surface area contributed by atoms with Gasteiger partial charge in [0.2, 0.25) is 0 Å². The molecule has 0 unspecified atom stereocenters. The molecular formula is C28H27Cl2N9O3. The molecule has 216 valence electrons. The van der Waals surface area contributed by atoms with Crippen molar-refractivity contribution in [1.29, 1.82) is 0 Å². The Balaban J connectivity index is 0.000000169. The van der Waals surface area contributed by atoms with Crippen molar-refractivity contribution in [1.82, 2.24) is 30.4 Å². The number of ether oxygens (including phenoxy) is 1. The smallest absolute Gasteiger partial charge is 0.361 e. The third kappa shape index (κ3) is 7.65. The summed E-state index contributed by atoms with van der Waals surface area (Å²) in [6, 6.07) is 14.5. The van der Waals surface area contributed by atoms with E-state index in [-0.39, 0.29) is 28.3 Å². The van der Waals surface area contributed by atoms with Crippen LogP contribution < -0.4 is 16.4 Å². The number of rotatable bonds is 9. The zero-order chi connectivity index (χ0) is 29.6. The third-order valence-electron chi connectivity index (χ3n) is 6.29. The highest BCUT2D eigenvalue weighted by Crippen LogP contribution is 2.40. The fourth-order valence-electron chi connectivity index (χ4n) is 3.99. The Kier molecular flexibility index (Phi) is 9.03. The Morgan fingerprint density at radius 3 is 1.74 bits per heavy atom. The molecule has 14 heteroatoms. The number of carbonyl (C=O) groups is 2. The molecule has 0 aliphatic heterocycles. The second-order valence-corrected chi connectivity index (χ2v) is 10.4. The number of amides is 1. The number of nitrogens with two attached hydrogens (primary N) is 1. The standard InChI is InChI=1S/C15H15ClN4O2.C13H12ClN5O/c1-2-22-15(21)14-11(8-12(16)19-20-14)18-13-5-3-4-10(17-13)9-6-7-9;14-10-6-9(12(13(15)20)19-18-10)17-11-3-1-2-8(16-11)7-4-5-7/h3-5,8-9H,2,6-7H2,1H3,(H,17,18,19);1-3,6-7H,4-5H2,(H2,15,20)(H,16,17,18). The molecule has 0 spiro atoms. The Bertz CT molecular complexity index is 1610. The van der Waals surface area contributed by atoms with Gasteiger partial charge in [-0.2, -0.15) is 0 Å². The zero-order valence-electron chi connectivity index (χ0n) is 22.6. The van der Waals surface area contributed by atoms with E-state index in [9.17, 15) is 9.59 Å². The molecule has 0 bridgehead atoms. The average molecular weight is 608 g/mol. The highest BCUT2D eigenvalue weighted by molar-refractivity contribution is 6.30. The lowest BCUT2D eigenvalue weighted by Crippen LogP contribution is -2.16. The first-order valence-corrected chi connectivity index (χ1v) is 14.1. The molecule has 0 radical (unpaired) electrons. The minimum atomic E-state index is -0.671. The van der Waals surface area contributed by atoms with Gasteiger partial charge in [-0.05, 0) is 56.9 Å². The number of nitrogens with one attached hydrogen (secondary N) is 2. The number of hydrogen-bond donors (Lipinski definition) is 3. The van der Waals surface area contributed by atoms with Crippen LogP contribution in [-0.4, -0.2) is 48.8 Å². The highest BCUT2D eigenvalue weighted by Gasteiger charge is 2.26. The van der Waals surface area contributed by atoms with E-state index >= 15 is 0 Å². The van der Waals surface area contributed by atoms with E-state index in [0.29, 0.717) is 34.8 Å². The predicted octanol–water partition coefficient (Wildman–Crippen LogP) is 5.57. The molecule has 4 heterocycles. The maximum atomic E-state index is 11.9. The van der Waals surface area contributed by atoms with Gasteiger partial charge in [0, 0.05) is 35.4 Å². The number of pyridine rings is 2. The third-order valence-corrected chi connectivity index (χ3v) is 6.66.